The predicted molar refractivity (Wildman–Crippen MR) is 48.7 cm³/mol. The molecule has 0 bridgehead atoms. The number of carboxylic acid groups (broad SMARTS) is 1. The lowest BCUT2D eigenvalue weighted by Crippen LogP contribution is -2.12. The van der Waals surface area contributed by atoms with Gasteiger partial charge in [0.2, 0.25) is 0 Å². The Kier molecular flexibility index (Phi) is 3.89. The summed E-state index contributed by atoms with van der Waals surface area (Å²) < 4.78 is 42.0. The maximum absolute atomic E-state index is 12.5. The lowest BCUT2D eigenvalue weighted by Gasteiger charge is -2.12. The number of hydrogen-bond acceptors (Lipinski definition) is 2. The first-order valence-corrected chi connectivity index (χ1v) is 4.36. The Labute approximate surface area is 89.5 Å². The first-order chi connectivity index (χ1) is 7.41. The molecule has 88 valence electrons. The van der Waals surface area contributed by atoms with Crippen LogP contribution in [-0.2, 0) is 22.3 Å². The van der Waals surface area contributed by atoms with E-state index < -0.39 is 24.3 Å². The summed E-state index contributed by atoms with van der Waals surface area (Å²) in [5.74, 6) is -1.22. The highest BCUT2D eigenvalue weighted by Gasteiger charge is 2.32. The molecule has 0 aliphatic heterocycles. The predicted octanol–water partition coefficient (Wildman–Crippen LogP) is 2.31. The van der Waals surface area contributed by atoms with E-state index in [2.05, 4.69) is 4.74 Å². The number of carboxylic acids is 1. The van der Waals surface area contributed by atoms with Gasteiger partial charge in [0.05, 0.1) is 12.2 Å². The summed E-state index contributed by atoms with van der Waals surface area (Å²) in [6.45, 7) is -0.992. The number of alkyl halides is 3. The largest absolute Gasteiger partial charge is 0.480 e. The molecule has 0 fully saturated rings. The number of aliphatic carboxylic acids is 1. The Morgan fingerprint density at radius 1 is 1.31 bits per heavy atom. The van der Waals surface area contributed by atoms with Crippen molar-refractivity contribution in [1.29, 1.82) is 0 Å². The summed E-state index contributed by atoms with van der Waals surface area (Å²) in [6.07, 6.45) is -4.46. The summed E-state index contributed by atoms with van der Waals surface area (Å²) in [5, 5.41) is 8.27. The van der Waals surface area contributed by atoms with Crippen molar-refractivity contribution >= 4 is 5.97 Å². The molecule has 0 atom stereocenters. The number of carbonyl (C=O) groups is 1. The van der Waals surface area contributed by atoms with E-state index in [9.17, 15) is 18.0 Å². The molecule has 0 heterocycles. The normalized spacial score (nSPS) is 11.4. The van der Waals surface area contributed by atoms with E-state index in [1.807, 2.05) is 0 Å². The van der Waals surface area contributed by atoms with Crippen molar-refractivity contribution < 1.29 is 27.8 Å². The van der Waals surface area contributed by atoms with Gasteiger partial charge in [-0.2, -0.15) is 13.2 Å². The van der Waals surface area contributed by atoms with E-state index in [-0.39, 0.29) is 12.2 Å². The summed E-state index contributed by atoms with van der Waals surface area (Å²) in [4.78, 5) is 10.1. The van der Waals surface area contributed by atoms with Gasteiger partial charge >= 0.3 is 12.1 Å². The van der Waals surface area contributed by atoms with Crippen LogP contribution in [0.1, 0.15) is 11.1 Å². The van der Waals surface area contributed by atoms with E-state index in [1.165, 1.54) is 18.2 Å². The van der Waals surface area contributed by atoms with Crippen molar-refractivity contribution in [2.75, 3.05) is 6.61 Å². The maximum Gasteiger partial charge on any atom is 0.416 e. The Morgan fingerprint density at radius 2 is 1.94 bits per heavy atom. The molecular formula is C10H9F3O3. The van der Waals surface area contributed by atoms with Crippen molar-refractivity contribution in [2.24, 2.45) is 0 Å². The molecule has 1 aromatic rings. The van der Waals surface area contributed by atoms with Crippen LogP contribution in [0.3, 0.4) is 0 Å². The molecule has 1 rings (SSSR count). The van der Waals surface area contributed by atoms with Gasteiger partial charge in [0.15, 0.2) is 0 Å². The minimum atomic E-state index is -4.46. The van der Waals surface area contributed by atoms with Crippen molar-refractivity contribution in [1.82, 2.24) is 0 Å². The molecule has 0 saturated carbocycles. The van der Waals surface area contributed by atoms with Crippen molar-refractivity contribution in [3.8, 4) is 0 Å². The molecule has 0 aliphatic carbocycles. The fourth-order valence-corrected chi connectivity index (χ4v) is 1.17. The molecule has 0 spiro atoms. The highest BCUT2D eigenvalue weighted by atomic mass is 19.4. The van der Waals surface area contributed by atoms with Crippen LogP contribution in [0.4, 0.5) is 13.2 Å². The second kappa shape index (κ2) is 4.98. The molecule has 0 radical (unpaired) electrons. The molecule has 0 aliphatic rings. The van der Waals surface area contributed by atoms with E-state index in [4.69, 9.17) is 5.11 Å². The van der Waals surface area contributed by atoms with Gasteiger partial charge in [-0.05, 0) is 11.6 Å². The molecule has 1 N–H and O–H groups in total. The average Bonchev–Trinajstić information content (AvgIpc) is 2.16. The van der Waals surface area contributed by atoms with E-state index in [1.54, 1.807) is 0 Å². The number of rotatable bonds is 4. The number of ether oxygens (including phenoxy) is 1. The number of benzene rings is 1. The fraction of sp³-hybridized carbons (Fsp3) is 0.300. The standard InChI is InChI=1S/C10H9F3O3/c11-10(12,13)8-4-2-1-3-7(8)5-16-6-9(14)15/h1-4H,5-6H2,(H,14,15). The molecule has 0 amide bonds. The zero-order valence-corrected chi connectivity index (χ0v) is 8.12. The Bertz CT molecular complexity index is 374. The van der Waals surface area contributed by atoms with Gasteiger partial charge in [-0.1, -0.05) is 18.2 Å². The van der Waals surface area contributed by atoms with Crippen LogP contribution in [0, 0.1) is 0 Å². The number of hydrogen-bond donors (Lipinski definition) is 1. The molecular weight excluding hydrogens is 225 g/mol. The van der Waals surface area contributed by atoms with Crippen LogP contribution in [0.5, 0.6) is 0 Å². The van der Waals surface area contributed by atoms with Crippen LogP contribution in [-0.4, -0.2) is 17.7 Å². The lowest BCUT2D eigenvalue weighted by molar-refractivity contribution is -0.143. The summed E-state index contributed by atoms with van der Waals surface area (Å²) in [6, 6.07) is 4.89. The SMILES string of the molecule is O=C(O)COCc1ccccc1C(F)(F)F. The molecule has 1 aromatic carbocycles. The monoisotopic (exact) mass is 234 g/mol. The zero-order chi connectivity index (χ0) is 12.2. The van der Waals surface area contributed by atoms with Crippen LogP contribution in [0.25, 0.3) is 0 Å². The van der Waals surface area contributed by atoms with E-state index in [0.29, 0.717) is 0 Å². The zero-order valence-electron chi connectivity index (χ0n) is 8.12. The van der Waals surface area contributed by atoms with Crippen LogP contribution < -0.4 is 0 Å². The second-order valence-corrected chi connectivity index (χ2v) is 3.04. The summed E-state index contributed by atoms with van der Waals surface area (Å²) >= 11 is 0. The smallest absolute Gasteiger partial charge is 0.416 e. The third kappa shape index (κ3) is 3.54. The van der Waals surface area contributed by atoms with Gasteiger partial charge < -0.3 is 9.84 Å². The summed E-state index contributed by atoms with van der Waals surface area (Å²) in [7, 11) is 0. The first kappa shape index (κ1) is 12.5. The Balaban J connectivity index is 2.76. The average molecular weight is 234 g/mol. The molecule has 6 heteroatoms. The van der Waals surface area contributed by atoms with E-state index >= 15 is 0 Å². The quantitative estimate of drug-likeness (QED) is 0.869. The number of halogens is 3. The van der Waals surface area contributed by atoms with E-state index in [0.717, 1.165) is 6.07 Å². The van der Waals surface area contributed by atoms with Crippen LogP contribution in [0.2, 0.25) is 0 Å². The van der Waals surface area contributed by atoms with Crippen molar-refractivity contribution in [2.45, 2.75) is 12.8 Å². The van der Waals surface area contributed by atoms with Crippen molar-refractivity contribution in [3.63, 3.8) is 0 Å². The van der Waals surface area contributed by atoms with Crippen LogP contribution >= 0.6 is 0 Å². The Morgan fingerprint density at radius 3 is 2.50 bits per heavy atom. The minimum absolute atomic E-state index is 0.0729. The third-order valence-corrected chi connectivity index (χ3v) is 1.81. The molecule has 16 heavy (non-hydrogen) atoms. The van der Waals surface area contributed by atoms with Gasteiger partial charge in [0.25, 0.3) is 0 Å². The van der Waals surface area contributed by atoms with Gasteiger partial charge in [-0.25, -0.2) is 4.79 Å². The topological polar surface area (TPSA) is 46.5 Å². The summed E-state index contributed by atoms with van der Waals surface area (Å²) in [5.41, 5.74) is -0.878. The van der Waals surface area contributed by atoms with Gasteiger partial charge in [0, 0.05) is 0 Å². The van der Waals surface area contributed by atoms with Gasteiger partial charge in [-0.15, -0.1) is 0 Å². The van der Waals surface area contributed by atoms with Crippen molar-refractivity contribution in [3.05, 3.63) is 35.4 Å². The second-order valence-electron chi connectivity index (χ2n) is 3.04. The molecule has 0 unspecified atom stereocenters. The fourth-order valence-electron chi connectivity index (χ4n) is 1.17. The van der Waals surface area contributed by atoms with Crippen LogP contribution in [0.15, 0.2) is 24.3 Å². The Hall–Kier alpha value is -1.56. The highest BCUT2D eigenvalue weighted by Crippen LogP contribution is 2.31. The molecule has 3 nitrogen and oxygen atoms in total. The first-order valence-electron chi connectivity index (χ1n) is 4.36. The highest BCUT2D eigenvalue weighted by molar-refractivity contribution is 5.68. The van der Waals surface area contributed by atoms with Gasteiger partial charge in [0.1, 0.15) is 6.61 Å². The third-order valence-electron chi connectivity index (χ3n) is 1.81. The molecule has 0 aromatic heterocycles. The maximum atomic E-state index is 12.5. The van der Waals surface area contributed by atoms with Gasteiger partial charge in [-0.3, -0.25) is 0 Å². The lowest BCUT2D eigenvalue weighted by atomic mass is 10.1. The minimum Gasteiger partial charge on any atom is -0.480 e. The molecule has 0 saturated heterocycles.